The maximum Gasteiger partial charge on any atom is 0.184 e. The number of rotatable bonds is 4. The first-order chi connectivity index (χ1) is 8.04. The van der Waals surface area contributed by atoms with Gasteiger partial charge in [-0.05, 0) is 52.8 Å². The third-order valence-electron chi connectivity index (χ3n) is 1.74. The lowest BCUT2D eigenvalue weighted by molar-refractivity contribution is 0.317. The summed E-state index contributed by atoms with van der Waals surface area (Å²) in [7, 11) is 0. The molecule has 1 aromatic carbocycles. The van der Waals surface area contributed by atoms with E-state index in [9.17, 15) is 5.11 Å². The van der Waals surface area contributed by atoms with Crippen LogP contribution in [0.15, 0.2) is 21.7 Å². The van der Waals surface area contributed by atoms with Crippen molar-refractivity contribution in [3.8, 4) is 11.5 Å². The van der Waals surface area contributed by atoms with E-state index in [4.69, 9.17) is 10.5 Å². The number of aromatic hydroxyl groups is 1. The minimum atomic E-state index is 0.0614. The number of nitrogens with zero attached hydrogens (tertiary/aromatic N) is 1. The minimum absolute atomic E-state index is 0.0614. The molecule has 0 amide bonds. The molecule has 0 aromatic heterocycles. The van der Waals surface area contributed by atoms with E-state index in [-0.39, 0.29) is 10.9 Å². The highest BCUT2D eigenvalue weighted by molar-refractivity contribution is 9.10. The molecule has 1 aromatic rings. The molecular weight excluding hydrogens is 306 g/mol. The summed E-state index contributed by atoms with van der Waals surface area (Å²) >= 11 is 7.83. The Hall–Kier alpha value is -1.34. The van der Waals surface area contributed by atoms with Gasteiger partial charge in [-0.15, -0.1) is 0 Å². The van der Waals surface area contributed by atoms with Crippen LogP contribution in [-0.2, 0) is 0 Å². The van der Waals surface area contributed by atoms with Gasteiger partial charge < -0.3 is 15.6 Å². The Balaban J connectivity index is 2.93. The molecule has 0 aliphatic rings. The summed E-state index contributed by atoms with van der Waals surface area (Å²) in [5, 5.41) is 13.6. The molecule has 0 spiro atoms. The van der Waals surface area contributed by atoms with Gasteiger partial charge in [0.1, 0.15) is 0 Å². The van der Waals surface area contributed by atoms with Crippen molar-refractivity contribution < 1.29 is 9.84 Å². The summed E-state index contributed by atoms with van der Waals surface area (Å²) in [6.45, 7) is 2.30. The number of hydrogen-bond acceptors (Lipinski definition) is 4. The van der Waals surface area contributed by atoms with Crippen LogP contribution in [0.1, 0.15) is 12.5 Å². The fourth-order valence-corrected chi connectivity index (χ4v) is 1.62. The number of halogens is 1. The first-order valence-electron chi connectivity index (χ1n) is 4.78. The largest absolute Gasteiger partial charge is 0.503 e. The average molecular weight is 318 g/mol. The van der Waals surface area contributed by atoms with E-state index in [1.807, 2.05) is 6.92 Å². The highest BCUT2D eigenvalue weighted by Gasteiger charge is 2.08. The van der Waals surface area contributed by atoms with Crippen LogP contribution in [0.2, 0.25) is 0 Å². The smallest absolute Gasteiger partial charge is 0.184 e. The van der Waals surface area contributed by atoms with Gasteiger partial charge in [0.2, 0.25) is 0 Å². The van der Waals surface area contributed by atoms with Gasteiger partial charge in [0.25, 0.3) is 0 Å². The number of phenols is 1. The first-order valence-corrected chi connectivity index (χ1v) is 5.98. The van der Waals surface area contributed by atoms with Gasteiger partial charge in [0.15, 0.2) is 16.6 Å². The normalized spacial score (nSPS) is 10.5. The maximum atomic E-state index is 9.69. The van der Waals surface area contributed by atoms with Crippen LogP contribution < -0.4 is 15.9 Å². The van der Waals surface area contributed by atoms with Gasteiger partial charge in [-0.1, -0.05) is 0 Å². The molecule has 0 atom stereocenters. The van der Waals surface area contributed by atoms with Crippen molar-refractivity contribution >= 4 is 39.5 Å². The average Bonchev–Trinajstić information content (AvgIpc) is 2.25. The van der Waals surface area contributed by atoms with Crippen molar-refractivity contribution in [1.82, 2.24) is 5.43 Å². The number of ether oxygens (including phenoxy) is 1. The van der Waals surface area contributed by atoms with Gasteiger partial charge in [0.05, 0.1) is 17.3 Å². The third kappa shape index (κ3) is 4.20. The Morgan fingerprint density at radius 1 is 1.71 bits per heavy atom. The summed E-state index contributed by atoms with van der Waals surface area (Å²) in [6, 6.07) is 3.36. The molecule has 1 rings (SSSR count). The highest BCUT2D eigenvalue weighted by Crippen LogP contribution is 2.34. The number of benzene rings is 1. The first kappa shape index (κ1) is 13.7. The van der Waals surface area contributed by atoms with Crippen molar-refractivity contribution in [1.29, 1.82) is 0 Å². The Bertz CT molecular complexity index is 451. The molecule has 92 valence electrons. The number of hydrogen-bond donors (Lipinski definition) is 3. The molecule has 0 heterocycles. The lowest BCUT2D eigenvalue weighted by Gasteiger charge is -2.08. The fraction of sp³-hybridized carbons (Fsp3) is 0.200. The standard InChI is InChI=1S/C10H12BrN3O2S/c1-2-16-8-4-6(3-7(11)9(8)15)5-13-14-10(12)17/h3-5,15H,2H2,1H3,(H3,12,14,17). The summed E-state index contributed by atoms with van der Waals surface area (Å²) in [6.07, 6.45) is 1.52. The quantitative estimate of drug-likeness (QED) is 0.447. The Labute approximate surface area is 113 Å². The lowest BCUT2D eigenvalue weighted by atomic mass is 10.2. The molecule has 0 aliphatic heterocycles. The van der Waals surface area contributed by atoms with Crippen LogP contribution in [0, 0.1) is 0 Å². The molecule has 0 saturated carbocycles. The van der Waals surface area contributed by atoms with Crippen LogP contribution >= 0.6 is 28.1 Å². The summed E-state index contributed by atoms with van der Waals surface area (Å²) in [5.74, 6) is 0.449. The minimum Gasteiger partial charge on any atom is -0.503 e. The molecule has 0 unspecified atom stereocenters. The molecule has 0 bridgehead atoms. The molecule has 0 saturated heterocycles. The second-order valence-corrected chi connectivity index (χ2v) is 4.31. The van der Waals surface area contributed by atoms with E-state index in [0.717, 1.165) is 5.56 Å². The zero-order valence-corrected chi connectivity index (χ0v) is 11.5. The van der Waals surface area contributed by atoms with E-state index >= 15 is 0 Å². The number of thiocarbonyl (C=S) groups is 1. The molecule has 0 radical (unpaired) electrons. The van der Waals surface area contributed by atoms with Crippen molar-refractivity contribution in [3.63, 3.8) is 0 Å². The topological polar surface area (TPSA) is 79.9 Å². The third-order valence-corrected chi connectivity index (χ3v) is 2.43. The highest BCUT2D eigenvalue weighted by atomic mass is 79.9. The maximum absolute atomic E-state index is 9.69. The number of hydrazone groups is 1. The number of nitrogens with one attached hydrogen (secondary N) is 1. The zero-order chi connectivity index (χ0) is 12.8. The van der Waals surface area contributed by atoms with E-state index in [1.54, 1.807) is 12.1 Å². The number of phenolic OH excluding ortho intramolecular Hbond substituents is 1. The monoisotopic (exact) mass is 317 g/mol. The summed E-state index contributed by atoms with van der Waals surface area (Å²) in [4.78, 5) is 0. The molecule has 5 nitrogen and oxygen atoms in total. The molecule has 0 aliphatic carbocycles. The lowest BCUT2D eigenvalue weighted by Crippen LogP contribution is -2.23. The predicted octanol–water partition coefficient (Wildman–Crippen LogP) is 1.72. The second-order valence-electron chi connectivity index (χ2n) is 3.02. The van der Waals surface area contributed by atoms with Gasteiger partial charge in [-0.2, -0.15) is 5.10 Å². The van der Waals surface area contributed by atoms with Gasteiger partial charge in [-0.25, -0.2) is 0 Å². The molecular formula is C10H12BrN3O2S. The SMILES string of the molecule is CCOc1cc(C=NNC(N)=S)cc(Br)c1O. The van der Waals surface area contributed by atoms with E-state index < -0.39 is 0 Å². The molecule has 0 fully saturated rings. The van der Waals surface area contributed by atoms with Gasteiger partial charge >= 0.3 is 0 Å². The van der Waals surface area contributed by atoms with E-state index in [1.165, 1.54) is 6.21 Å². The van der Waals surface area contributed by atoms with Gasteiger partial charge in [-0.3, -0.25) is 5.43 Å². The van der Waals surface area contributed by atoms with Crippen LogP contribution in [0.4, 0.5) is 0 Å². The number of nitrogens with two attached hydrogens (primary N) is 1. The van der Waals surface area contributed by atoms with Crippen molar-refractivity contribution in [2.24, 2.45) is 10.8 Å². The van der Waals surface area contributed by atoms with Crippen LogP contribution in [0.25, 0.3) is 0 Å². The van der Waals surface area contributed by atoms with Crippen molar-refractivity contribution in [2.45, 2.75) is 6.92 Å². The molecule has 17 heavy (non-hydrogen) atoms. The zero-order valence-electron chi connectivity index (χ0n) is 9.11. The van der Waals surface area contributed by atoms with Gasteiger partial charge in [0, 0.05) is 0 Å². The Morgan fingerprint density at radius 2 is 2.41 bits per heavy atom. The Morgan fingerprint density at radius 3 is 3.00 bits per heavy atom. The second kappa shape index (κ2) is 6.41. The predicted molar refractivity (Wildman–Crippen MR) is 74.5 cm³/mol. The van der Waals surface area contributed by atoms with Crippen LogP contribution in [0.5, 0.6) is 11.5 Å². The van der Waals surface area contributed by atoms with Crippen molar-refractivity contribution in [2.75, 3.05) is 6.61 Å². The van der Waals surface area contributed by atoms with Crippen LogP contribution in [0.3, 0.4) is 0 Å². The summed E-state index contributed by atoms with van der Waals surface area (Å²) in [5.41, 5.74) is 8.40. The Kier molecular flexibility index (Phi) is 5.17. The summed E-state index contributed by atoms with van der Waals surface area (Å²) < 4.78 is 5.80. The van der Waals surface area contributed by atoms with Crippen molar-refractivity contribution in [3.05, 3.63) is 22.2 Å². The molecule has 7 heteroatoms. The van der Waals surface area contributed by atoms with E-state index in [0.29, 0.717) is 16.8 Å². The van der Waals surface area contributed by atoms with E-state index in [2.05, 4.69) is 38.7 Å². The van der Waals surface area contributed by atoms with Crippen LogP contribution in [-0.4, -0.2) is 23.0 Å². The molecule has 4 N–H and O–H groups in total. The fourth-order valence-electron chi connectivity index (χ4n) is 1.10.